The summed E-state index contributed by atoms with van der Waals surface area (Å²) in [4.78, 5) is 12.9. The minimum atomic E-state index is -0.272. The zero-order valence-electron chi connectivity index (χ0n) is 16.5. The van der Waals surface area contributed by atoms with E-state index >= 15 is 0 Å². The van der Waals surface area contributed by atoms with Gasteiger partial charge in [-0.3, -0.25) is 9.69 Å². The van der Waals surface area contributed by atoms with Crippen molar-refractivity contribution in [2.75, 3.05) is 14.1 Å². The summed E-state index contributed by atoms with van der Waals surface area (Å²) in [6.07, 6.45) is 7.90. The fraction of sp³-hybridized carbons (Fsp3) is 0.522. The molecule has 0 saturated heterocycles. The van der Waals surface area contributed by atoms with Gasteiger partial charge in [-0.05, 0) is 44.3 Å². The molecule has 2 atom stereocenters. The summed E-state index contributed by atoms with van der Waals surface area (Å²) >= 11 is 0. The van der Waals surface area contributed by atoms with Crippen LogP contribution in [0.1, 0.15) is 44.9 Å². The minimum Gasteiger partial charge on any atom is -0.489 e. The van der Waals surface area contributed by atoms with Gasteiger partial charge in [-0.25, -0.2) is 0 Å². The van der Waals surface area contributed by atoms with Crippen LogP contribution in [0.3, 0.4) is 0 Å². The Morgan fingerprint density at radius 3 is 2.44 bits per heavy atom. The second-order valence-electron chi connectivity index (χ2n) is 7.77. The van der Waals surface area contributed by atoms with Crippen molar-refractivity contribution >= 4 is 17.2 Å². The van der Waals surface area contributed by atoms with E-state index in [4.69, 9.17) is 9.47 Å². The van der Waals surface area contributed by atoms with E-state index in [0.29, 0.717) is 18.8 Å². The molecule has 0 N–H and O–H groups in total. The summed E-state index contributed by atoms with van der Waals surface area (Å²) in [5.41, 5.74) is 0. The van der Waals surface area contributed by atoms with Crippen molar-refractivity contribution in [2.24, 2.45) is 5.92 Å². The summed E-state index contributed by atoms with van der Waals surface area (Å²) in [5, 5.41) is 2.32. The molecule has 1 aliphatic carbocycles. The number of carbonyl (C=O) groups excluding carboxylic acids is 1. The number of fused-ring (bicyclic) bond motifs is 1. The van der Waals surface area contributed by atoms with Gasteiger partial charge >= 0.3 is 0 Å². The molecule has 1 fully saturated rings. The second-order valence-corrected chi connectivity index (χ2v) is 7.77. The highest BCUT2D eigenvalue weighted by atomic mass is 16.5. The lowest BCUT2D eigenvalue weighted by atomic mass is 9.91. The van der Waals surface area contributed by atoms with Crippen molar-refractivity contribution < 1.29 is 14.3 Å². The van der Waals surface area contributed by atoms with Crippen molar-refractivity contribution in [3.63, 3.8) is 0 Å². The molecule has 2 aromatic carbocycles. The van der Waals surface area contributed by atoms with E-state index in [9.17, 15) is 4.79 Å². The Morgan fingerprint density at radius 2 is 1.74 bits per heavy atom. The molecule has 3 rings (SSSR count). The normalized spacial score (nSPS) is 18.0. The van der Waals surface area contributed by atoms with Crippen molar-refractivity contribution in [2.45, 2.75) is 57.3 Å². The van der Waals surface area contributed by atoms with E-state index in [2.05, 4.69) is 30.3 Å². The van der Waals surface area contributed by atoms with Crippen LogP contribution in [0, 0.1) is 5.92 Å². The lowest BCUT2D eigenvalue weighted by Crippen LogP contribution is -2.39. The second kappa shape index (κ2) is 9.75. The number of benzene rings is 2. The van der Waals surface area contributed by atoms with Crippen molar-refractivity contribution in [1.29, 1.82) is 0 Å². The summed E-state index contributed by atoms with van der Waals surface area (Å²) in [5.74, 6) is 1.41. The minimum absolute atomic E-state index is 0.0289. The van der Waals surface area contributed by atoms with Crippen LogP contribution >= 0.6 is 0 Å². The maximum absolute atomic E-state index is 11.0. The Balaban J connectivity index is 1.86. The standard InChI is InChI=1S/C23H31NO3/c1-24(2)23(26-17-25)16-22(19-11-5-3-4-6-12-19)27-21-15-9-13-18-10-7-8-14-20(18)21/h7-10,13-15,17,19,22-23H,3-6,11-12,16H2,1-2H3. The molecule has 0 aromatic heterocycles. The molecule has 2 unspecified atom stereocenters. The fourth-order valence-corrected chi connectivity index (χ4v) is 4.13. The van der Waals surface area contributed by atoms with Gasteiger partial charge in [-0.15, -0.1) is 0 Å². The monoisotopic (exact) mass is 369 g/mol. The smallest absolute Gasteiger partial charge is 0.294 e. The topological polar surface area (TPSA) is 38.8 Å². The molecule has 0 amide bonds. The van der Waals surface area contributed by atoms with Gasteiger partial charge in [-0.1, -0.05) is 62.1 Å². The molecule has 0 bridgehead atoms. The lowest BCUT2D eigenvalue weighted by molar-refractivity contribution is -0.144. The van der Waals surface area contributed by atoms with Gasteiger partial charge in [0, 0.05) is 11.8 Å². The van der Waals surface area contributed by atoms with Crippen LogP contribution in [0.25, 0.3) is 10.8 Å². The molecule has 2 aromatic rings. The highest BCUT2D eigenvalue weighted by molar-refractivity contribution is 5.88. The zero-order valence-corrected chi connectivity index (χ0v) is 16.5. The number of hydrogen-bond acceptors (Lipinski definition) is 4. The third-order valence-corrected chi connectivity index (χ3v) is 5.68. The molecule has 146 valence electrons. The van der Waals surface area contributed by atoms with Crippen LogP contribution in [-0.4, -0.2) is 37.8 Å². The molecular weight excluding hydrogens is 338 g/mol. The number of rotatable bonds is 8. The van der Waals surface area contributed by atoms with Crippen molar-refractivity contribution in [3.8, 4) is 5.75 Å². The largest absolute Gasteiger partial charge is 0.489 e. The van der Waals surface area contributed by atoms with E-state index in [-0.39, 0.29) is 12.3 Å². The Hall–Kier alpha value is -2.07. The Morgan fingerprint density at radius 1 is 1.04 bits per heavy atom. The van der Waals surface area contributed by atoms with Gasteiger partial charge < -0.3 is 9.47 Å². The van der Waals surface area contributed by atoms with Crippen LogP contribution < -0.4 is 4.74 Å². The van der Waals surface area contributed by atoms with Gasteiger partial charge in [0.25, 0.3) is 6.47 Å². The van der Waals surface area contributed by atoms with Crippen molar-refractivity contribution in [3.05, 3.63) is 42.5 Å². The number of carbonyl (C=O) groups is 1. The summed E-state index contributed by atoms with van der Waals surface area (Å²) in [6, 6.07) is 14.5. The van der Waals surface area contributed by atoms with Gasteiger partial charge in [0.05, 0.1) is 0 Å². The Labute approximate surface area is 162 Å². The number of nitrogens with zero attached hydrogens (tertiary/aromatic N) is 1. The number of ether oxygens (including phenoxy) is 2. The molecule has 1 saturated carbocycles. The molecule has 1 aliphatic rings. The maximum atomic E-state index is 11.0. The summed E-state index contributed by atoms with van der Waals surface area (Å²) in [7, 11) is 3.88. The highest BCUT2D eigenvalue weighted by Crippen LogP contribution is 2.33. The first kappa shape index (κ1) is 19.7. The average molecular weight is 370 g/mol. The average Bonchev–Trinajstić information content (AvgIpc) is 2.96. The van der Waals surface area contributed by atoms with Crippen LogP contribution in [-0.2, 0) is 9.53 Å². The molecular formula is C23H31NO3. The van der Waals surface area contributed by atoms with E-state index in [0.717, 1.165) is 11.1 Å². The predicted molar refractivity (Wildman–Crippen MR) is 109 cm³/mol. The Bertz CT molecular complexity index is 717. The maximum Gasteiger partial charge on any atom is 0.294 e. The third-order valence-electron chi connectivity index (χ3n) is 5.68. The summed E-state index contributed by atoms with van der Waals surface area (Å²) < 4.78 is 12.0. The van der Waals surface area contributed by atoms with Gasteiger partial charge in [0.2, 0.25) is 0 Å². The van der Waals surface area contributed by atoms with E-state index in [1.54, 1.807) is 0 Å². The van der Waals surface area contributed by atoms with Crippen LogP contribution in [0.4, 0.5) is 0 Å². The van der Waals surface area contributed by atoms with Gasteiger partial charge in [0.1, 0.15) is 11.9 Å². The van der Waals surface area contributed by atoms with Crippen LogP contribution in [0.2, 0.25) is 0 Å². The third kappa shape index (κ3) is 5.23. The molecule has 0 aliphatic heterocycles. The number of hydrogen-bond donors (Lipinski definition) is 0. The first-order valence-corrected chi connectivity index (χ1v) is 10.1. The molecule has 27 heavy (non-hydrogen) atoms. The molecule has 4 nitrogen and oxygen atoms in total. The quantitative estimate of drug-likeness (QED) is 0.372. The van der Waals surface area contributed by atoms with E-state index in [1.807, 2.05) is 31.1 Å². The fourth-order valence-electron chi connectivity index (χ4n) is 4.13. The molecule has 0 radical (unpaired) electrons. The van der Waals surface area contributed by atoms with E-state index < -0.39 is 0 Å². The zero-order chi connectivity index (χ0) is 19.1. The Kier molecular flexibility index (Phi) is 7.11. The van der Waals surface area contributed by atoms with Crippen molar-refractivity contribution in [1.82, 2.24) is 4.90 Å². The van der Waals surface area contributed by atoms with Crippen LogP contribution in [0.15, 0.2) is 42.5 Å². The van der Waals surface area contributed by atoms with E-state index in [1.165, 1.54) is 43.9 Å². The summed E-state index contributed by atoms with van der Waals surface area (Å²) in [6.45, 7) is 0.548. The molecule has 4 heteroatoms. The van der Waals surface area contributed by atoms with Crippen LogP contribution in [0.5, 0.6) is 5.75 Å². The predicted octanol–water partition coefficient (Wildman–Crippen LogP) is 5.01. The first-order chi connectivity index (χ1) is 13.2. The van der Waals surface area contributed by atoms with Gasteiger partial charge in [0.15, 0.2) is 6.23 Å². The SMILES string of the molecule is CN(C)C(CC(Oc1cccc2ccccc12)C1CCCCCC1)OC=O. The molecule has 0 spiro atoms. The highest BCUT2D eigenvalue weighted by Gasteiger charge is 2.29. The first-order valence-electron chi connectivity index (χ1n) is 10.1. The lowest BCUT2D eigenvalue weighted by Gasteiger charge is -2.32. The van der Waals surface area contributed by atoms with Gasteiger partial charge in [-0.2, -0.15) is 0 Å². The molecule has 0 heterocycles.